The SMILES string of the molecule is CCCC1CCCN(CC2(C=O)CCCCC2)CC1. The molecule has 0 N–H and O–H groups in total. The molecule has 2 rings (SSSR count). The molecular formula is C17H31NO. The molecule has 1 saturated heterocycles. The number of nitrogens with zero attached hydrogens (tertiary/aromatic N) is 1. The highest BCUT2D eigenvalue weighted by atomic mass is 16.1. The highest BCUT2D eigenvalue weighted by molar-refractivity contribution is 5.60. The zero-order chi connectivity index (χ0) is 13.6. The second-order valence-corrected chi connectivity index (χ2v) is 6.90. The van der Waals surface area contributed by atoms with Crippen molar-refractivity contribution >= 4 is 6.29 Å². The van der Waals surface area contributed by atoms with E-state index in [0.717, 1.165) is 25.3 Å². The highest BCUT2D eigenvalue weighted by Crippen LogP contribution is 2.36. The fourth-order valence-corrected chi connectivity index (χ4v) is 4.09. The molecule has 0 spiro atoms. The Hall–Kier alpha value is -0.370. The van der Waals surface area contributed by atoms with E-state index in [0.29, 0.717) is 0 Å². The summed E-state index contributed by atoms with van der Waals surface area (Å²) in [4.78, 5) is 14.2. The van der Waals surface area contributed by atoms with Crippen molar-refractivity contribution in [2.75, 3.05) is 19.6 Å². The van der Waals surface area contributed by atoms with Gasteiger partial charge in [0.1, 0.15) is 6.29 Å². The maximum Gasteiger partial charge on any atom is 0.127 e. The Bertz CT molecular complexity index is 270. The quantitative estimate of drug-likeness (QED) is 0.699. The molecule has 110 valence electrons. The molecule has 1 saturated carbocycles. The van der Waals surface area contributed by atoms with Crippen molar-refractivity contribution in [2.24, 2.45) is 11.3 Å². The molecule has 0 amide bonds. The van der Waals surface area contributed by atoms with Crippen LogP contribution in [0.5, 0.6) is 0 Å². The van der Waals surface area contributed by atoms with Crippen molar-refractivity contribution in [3.63, 3.8) is 0 Å². The molecular weight excluding hydrogens is 234 g/mol. The summed E-state index contributed by atoms with van der Waals surface area (Å²) in [6, 6.07) is 0. The number of hydrogen-bond donors (Lipinski definition) is 0. The molecule has 2 aliphatic rings. The summed E-state index contributed by atoms with van der Waals surface area (Å²) in [7, 11) is 0. The Kier molecular flexibility index (Phi) is 5.87. The van der Waals surface area contributed by atoms with Crippen LogP contribution in [0.2, 0.25) is 0 Å². The van der Waals surface area contributed by atoms with Gasteiger partial charge in [-0.2, -0.15) is 0 Å². The molecule has 1 heterocycles. The molecule has 19 heavy (non-hydrogen) atoms. The summed E-state index contributed by atoms with van der Waals surface area (Å²) < 4.78 is 0. The lowest BCUT2D eigenvalue weighted by Crippen LogP contribution is -2.40. The number of hydrogen-bond acceptors (Lipinski definition) is 2. The Balaban J connectivity index is 1.85. The van der Waals surface area contributed by atoms with E-state index < -0.39 is 0 Å². The van der Waals surface area contributed by atoms with Gasteiger partial charge in [0.2, 0.25) is 0 Å². The van der Waals surface area contributed by atoms with E-state index in [1.54, 1.807) is 0 Å². The first-order valence-corrected chi connectivity index (χ1v) is 8.47. The summed E-state index contributed by atoms with van der Waals surface area (Å²) in [6.45, 7) is 5.78. The van der Waals surface area contributed by atoms with Crippen LogP contribution in [0.3, 0.4) is 0 Å². The number of carbonyl (C=O) groups excluding carboxylic acids is 1. The molecule has 0 aromatic rings. The standard InChI is InChI=1S/C17H31NO/c1-2-7-16-8-6-12-18(13-9-16)14-17(15-19)10-4-3-5-11-17/h15-16H,2-14H2,1H3. The number of carbonyl (C=O) groups is 1. The van der Waals surface area contributed by atoms with Crippen LogP contribution >= 0.6 is 0 Å². The minimum atomic E-state index is 0.00282. The van der Waals surface area contributed by atoms with Gasteiger partial charge in [0.25, 0.3) is 0 Å². The van der Waals surface area contributed by atoms with Crippen LogP contribution in [0.15, 0.2) is 0 Å². The first kappa shape index (κ1) is 15.0. The Morgan fingerprint density at radius 2 is 1.89 bits per heavy atom. The lowest BCUT2D eigenvalue weighted by molar-refractivity contribution is -0.119. The van der Waals surface area contributed by atoms with E-state index >= 15 is 0 Å². The topological polar surface area (TPSA) is 20.3 Å². The van der Waals surface area contributed by atoms with Gasteiger partial charge in [-0.1, -0.05) is 39.0 Å². The summed E-state index contributed by atoms with van der Waals surface area (Å²) in [5.41, 5.74) is 0.00282. The normalized spacial score (nSPS) is 28.8. The van der Waals surface area contributed by atoms with Crippen molar-refractivity contribution < 1.29 is 4.79 Å². The van der Waals surface area contributed by atoms with Crippen LogP contribution in [0.4, 0.5) is 0 Å². The zero-order valence-corrected chi connectivity index (χ0v) is 12.7. The van der Waals surface area contributed by atoms with Crippen molar-refractivity contribution in [3.8, 4) is 0 Å². The lowest BCUT2D eigenvalue weighted by Gasteiger charge is -2.36. The van der Waals surface area contributed by atoms with Gasteiger partial charge in [0, 0.05) is 12.0 Å². The van der Waals surface area contributed by atoms with E-state index in [2.05, 4.69) is 11.8 Å². The van der Waals surface area contributed by atoms with Crippen molar-refractivity contribution in [1.29, 1.82) is 0 Å². The minimum absolute atomic E-state index is 0.00282. The van der Waals surface area contributed by atoms with Gasteiger partial charge in [-0.25, -0.2) is 0 Å². The number of aldehydes is 1. The fourth-order valence-electron chi connectivity index (χ4n) is 4.09. The monoisotopic (exact) mass is 265 g/mol. The maximum atomic E-state index is 11.6. The summed E-state index contributed by atoms with van der Waals surface area (Å²) in [6.07, 6.45) is 14.2. The minimum Gasteiger partial charge on any atom is -0.303 e. The molecule has 1 aliphatic heterocycles. The van der Waals surface area contributed by atoms with Crippen LogP contribution in [0.25, 0.3) is 0 Å². The molecule has 0 radical (unpaired) electrons. The molecule has 1 aliphatic carbocycles. The van der Waals surface area contributed by atoms with Gasteiger partial charge < -0.3 is 9.69 Å². The molecule has 0 aromatic carbocycles. The molecule has 2 nitrogen and oxygen atoms in total. The van der Waals surface area contributed by atoms with Crippen LogP contribution in [-0.2, 0) is 4.79 Å². The van der Waals surface area contributed by atoms with Crippen LogP contribution in [-0.4, -0.2) is 30.8 Å². The van der Waals surface area contributed by atoms with Gasteiger partial charge >= 0.3 is 0 Å². The van der Waals surface area contributed by atoms with E-state index in [1.807, 2.05) is 0 Å². The van der Waals surface area contributed by atoms with E-state index in [-0.39, 0.29) is 5.41 Å². The van der Waals surface area contributed by atoms with Gasteiger partial charge in [0.05, 0.1) is 0 Å². The Morgan fingerprint density at radius 3 is 2.58 bits per heavy atom. The third-order valence-electron chi connectivity index (χ3n) is 5.28. The van der Waals surface area contributed by atoms with Crippen molar-refractivity contribution in [3.05, 3.63) is 0 Å². The molecule has 1 unspecified atom stereocenters. The Labute approximate surface area is 118 Å². The summed E-state index contributed by atoms with van der Waals surface area (Å²) in [5, 5.41) is 0. The molecule has 2 heteroatoms. The molecule has 0 aromatic heterocycles. The molecule has 2 fully saturated rings. The molecule has 0 bridgehead atoms. The van der Waals surface area contributed by atoms with Crippen LogP contribution in [0.1, 0.15) is 71.1 Å². The molecule has 1 atom stereocenters. The predicted molar refractivity (Wildman–Crippen MR) is 80.3 cm³/mol. The van der Waals surface area contributed by atoms with Crippen molar-refractivity contribution in [2.45, 2.75) is 71.1 Å². The number of likely N-dealkylation sites (tertiary alicyclic amines) is 1. The average Bonchev–Trinajstić information content (AvgIpc) is 2.66. The second-order valence-electron chi connectivity index (χ2n) is 6.90. The first-order valence-electron chi connectivity index (χ1n) is 8.47. The fraction of sp³-hybridized carbons (Fsp3) is 0.941. The predicted octanol–water partition coefficient (Wildman–Crippen LogP) is 4.04. The summed E-state index contributed by atoms with van der Waals surface area (Å²) in [5.74, 6) is 0.938. The third kappa shape index (κ3) is 4.30. The third-order valence-corrected chi connectivity index (χ3v) is 5.28. The Morgan fingerprint density at radius 1 is 1.11 bits per heavy atom. The second kappa shape index (κ2) is 7.42. The van der Waals surface area contributed by atoms with Gasteiger partial charge in [0.15, 0.2) is 0 Å². The van der Waals surface area contributed by atoms with E-state index in [1.165, 1.54) is 70.7 Å². The van der Waals surface area contributed by atoms with E-state index in [4.69, 9.17) is 0 Å². The zero-order valence-electron chi connectivity index (χ0n) is 12.7. The average molecular weight is 265 g/mol. The van der Waals surface area contributed by atoms with Crippen LogP contribution in [0, 0.1) is 11.3 Å². The van der Waals surface area contributed by atoms with Gasteiger partial charge in [-0.15, -0.1) is 0 Å². The highest BCUT2D eigenvalue weighted by Gasteiger charge is 2.34. The first-order chi connectivity index (χ1) is 9.28. The van der Waals surface area contributed by atoms with Gasteiger partial charge in [-0.3, -0.25) is 0 Å². The lowest BCUT2D eigenvalue weighted by atomic mass is 9.75. The van der Waals surface area contributed by atoms with Crippen LogP contribution < -0.4 is 0 Å². The van der Waals surface area contributed by atoms with Gasteiger partial charge in [-0.05, 0) is 51.1 Å². The van der Waals surface area contributed by atoms with Crippen molar-refractivity contribution in [1.82, 2.24) is 4.90 Å². The number of rotatable bonds is 5. The smallest absolute Gasteiger partial charge is 0.127 e. The maximum absolute atomic E-state index is 11.6. The summed E-state index contributed by atoms with van der Waals surface area (Å²) >= 11 is 0. The van der Waals surface area contributed by atoms with E-state index in [9.17, 15) is 4.79 Å². The largest absolute Gasteiger partial charge is 0.303 e.